The first-order valence-corrected chi connectivity index (χ1v) is 15.4. The minimum absolute atomic E-state index is 0. The quantitative estimate of drug-likeness (QED) is 0.281. The van der Waals surface area contributed by atoms with Gasteiger partial charge in [0.05, 0.1) is 15.6 Å². The number of halogens is 3. The Morgan fingerprint density at radius 2 is 1.50 bits per heavy atom. The molecule has 0 aliphatic carbocycles. The molecule has 5 rings (SSSR count). The zero-order valence-electron chi connectivity index (χ0n) is 24.2. The average molecular weight is 629 g/mol. The molecule has 5 nitrogen and oxygen atoms in total. The van der Waals surface area contributed by atoms with Crippen LogP contribution < -0.4 is 5.32 Å². The fraction of sp³-hybridized carbons (Fsp3) is 0.412. The van der Waals surface area contributed by atoms with Crippen LogP contribution in [0.5, 0.6) is 0 Å². The van der Waals surface area contributed by atoms with Crippen molar-refractivity contribution in [2.75, 3.05) is 32.7 Å². The van der Waals surface area contributed by atoms with Gasteiger partial charge in [-0.3, -0.25) is 9.59 Å². The third-order valence-corrected chi connectivity index (χ3v) is 9.74. The van der Waals surface area contributed by atoms with Crippen LogP contribution in [-0.2, 0) is 15.7 Å². The van der Waals surface area contributed by atoms with E-state index in [-0.39, 0.29) is 35.2 Å². The van der Waals surface area contributed by atoms with E-state index >= 15 is 0 Å². The monoisotopic (exact) mass is 627 g/mol. The van der Waals surface area contributed by atoms with Crippen molar-refractivity contribution in [2.45, 2.75) is 56.4 Å². The van der Waals surface area contributed by atoms with Gasteiger partial charge >= 0.3 is 0 Å². The van der Waals surface area contributed by atoms with Crippen LogP contribution >= 0.6 is 35.6 Å². The molecule has 224 valence electrons. The van der Waals surface area contributed by atoms with Crippen LogP contribution in [0.25, 0.3) is 0 Å². The molecule has 42 heavy (non-hydrogen) atoms. The van der Waals surface area contributed by atoms with Crippen LogP contribution in [0.2, 0.25) is 10.0 Å². The Morgan fingerprint density at radius 3 is 2.14 bits per heavy atom. The highest BCUT2D eigenvalue weighted by Crippen LogP contribution is 2.41. The topological polar surface area (TPSA) is 52.7 Å². The van der Waals surface area contributed by atoms with E-state index in [1.807, 2.05) is 65.6 Å². The fourth-order valence-corrected chi connectivity index (χ4v) is 7.16. The second kappa shape index (κ2) is 14.3. The van der Waals surface area contributed by atoms with Crippen LogP contribution in [0.3, 0.4) is 0 Å². The van der Waals surface area contributed by atoms with E-state index in [0.29, 0.717) is 16.6 Å². The number of carbonyl (C=O) groups is 2. The number of carbonyl (C=O) groups excluding carboxylic acids is 2. The van der Waals surface area contributed by atoms with Crippen LogP contribution in [0.15, 0.2) is 78.9 Å². The van der Waals surface area contributed by atoms with E-state index in [9.17, 15) is 9.59 Å². The minimum atomic E-state index is -0.313. The summed E-state index contributed by atoms with van der Waals surface area (Å²) < 4.78 is 0. The van der Waals surface area contributed by atoms with E-state index < -0.39 is 0 Å². The Morgan fingerprint density at radius 1 is 0.833 bits per heavy atom. The maximum absolute atomic E-state index is 13.5. The summed E-state index contributed by atoms with van der Waals surface area (Å²) in [5.41, 5.74) is 2.57. The smallest absolute Gasteiger partial charge is 0.253 e. The summed E-state index contributed by atoms with van der Waals surface area (Å²) >= 11 is 12.8. The maximum Gasteiger partial charge on any atom is 0.253 e. The fourth-order valence-electron chi connectivity index (χ4n) is 6.86. The van der Waals surface area contributed by atoms with Crippen LogP contribution in [0.4, 0.5) is 0 Å². The SMILES string of the molecule is CC(=O)NC1(c2ccccc2)CCN(CCCC2(c3ccc(Cl)c(Cl)c3)CCCN(C(=O)c3ccccc3)C2)CC1.Cl. The third kappa shape index (κ3) is 7.31. The van der Waals surface area contributed by atoms with E-state index in [4.69, 9.17) is 23.2 Å². The summed E-state index contributed by atoms with van der Waals surface area (Å²) in [6.45, 7) is 5.85. The standard InChI is InChI=1S/C34H39Cl2N3O2.ClH/c1-26(40)37-34(28-12-6-3-7-13-28)18-22-38(23-19-34)20-8-16-33(29-14-15-30(35)31(36)24-29)17-9-21-39(25-33)32(41)27-10-4-2-5-11-27;/h2-7,10-15,24H,8-9,16-23,25H2,1H3,(H,37,40);1H. The molecule has 2 amide bonds. The molecule has 0 radical (unpaired) electrons. The van der Waals surface area contributed by atoms with Crippen molar-refractivity contribution in [1.82, 2.24) is 15.1 Å². The number of likely N-dealkylation sites (tertiary alicyclic amines) is 2. The second-order valence-electron chi connectivity index (χ2n) is 11.7. The van der Waals surface area contributed by atoms with Crippen molar-refractivity contribution in [1.29, 1.82) is 0 Å². The predicted molar refractivity (Wildman–Crippen MR) is 174 cm³/mol. The molecule has 8 heteroatoms. The zero-order chi connectivity index (χ0) is 28.9. The number of amides is 2. The Kier molecular flexibility index (Phi) is 11.0. The van der Waals surface area contributed by atoms with Gasteiger partial charge in [0.2, 0.25) is 5.91 Å². The lowest BCUT2D eigenvalue weighted by Crippen LogP contribution is -2.53. The van der Waals surface area contributed by atoms with Gasteiger partial charge < -0.3 is 15.1 Å². The zero-order valence-corrected chi connectivity index (χ0v) is 26.5. The van der Waals surface area contributed by atoms with Crippen LogP contribution in [0.1, 0.15) is 66.9 Å². The number of benzene rings is 3. The molecular weight excluding hydrogens is 589 g/mol. The summed E-state index contributed by atoms with van der Waals surface area (Å²) in [6.07, 6.45) is 5.67. The Bertz CT molecular complexity index is 1350. The molecule has 3 aromatic rings. The second-order valence-corrected chi connectivity index (χ2v) is 12.5. The molecule has 0 saturated carbocycles. The van der Waals surface area contributed by atoms with Gasteiger partial charge in [0.1, 0.15) is 0 Å². The van der Waals surface area contributed by atoms with Gasteiger partial charge in [0.25, 0.3) is 5.91 Å². The van der Waals surface area contributed by atoms with Crippen molar-refractivity contribution in [2.24, 2.45) is 0 Å². The van der Waals surface area contributed by atoms with Crippen molar-refractivity contribution in [3.8, 4) is 0 Å². The van der Waals surface area contributed by atoms with Gasteiger partial charge in [0, 0.05) is 44.1 Å². The normalized spacial score (nSPS) is 20.4. The average Bonchev–Trinajstić information content (AvgIpc) is 3.00. The number of hydrogen-bond donors (Lipinski definition) is 1. The third-order valence-electron chi connectivity index (χ3n) is 9.00. The minimum Gasteiger partial charge on any atom is -0.347 e. The van der Waals surface area contributed by atoms with Crippen molar-refractivity contribution >= 4 is 47.4 Å². The van der Waals surface area contributed by atoms with Crippen LogP contribution in [-0.4, -0.2) is 54.3 Å². The molecule has 2 heterocycles. The molecule has 2 fully saturated rings. The van der Waals surface area contributed by atoms with Gasteiger partial charge in [-0.05, 0) is 80.5 Å². The highest BCUT2D eigenvalue weighted by Gasteiger charge is 2.40. The van der Waals surface area contributed by atoms with E-state index in [0.717, 1.165) is 75.8 Å². The molecule has 0 aromatic heterocycles. The first kappa shape index (κ1) is 32.3. The summed E-state index contributed by atoms with van der Waals surface area (Å²) in [4.78, 5) is 30.1. The Balaban J connectivity index is 0.00000405. The summed E-state index contributed by atoms with van der Waals surface area (Å²) in [5.74, 6) is 0.0961. The first-order chi connectivity index (χ1) is 19.8. The largest absolute Gasteiger partial charge is 0.347 e. The van der Waals surface area contributed by atoms with Gasteiger partial charge in [0.15, 0.2) is 0 Å². The molecule has 1 unspecified atom stereocenters. The lowest BCUT2D eigenvalue weighted by atomic mass is 9.70. The lowest BCUT2D eigenvalue weighted by Gasteiger charge is -2.45. The molecule has 2 aliphatic rings. The molecule has 0 spiro atoms. The molecule has 2 aliphatic heterocycles. The lowest BCUT2D eigenvalue weighted by molar-refractivity contribution is -0.121. The molecular formula is C34H40Cl3N3O2. The Hall–Kier alpha value is -2.57. The first-order valence-electron chi connectivity index (χ1n) is 14.7. The predicted octanol–water partition coefficient (Wildman–Crippen LogP) is 7.50. The van der Waals surface area contributed by atoms with Crippen molar-refractivity contribution < 1.29 is 9.59 Å². The number of rotatable bonds is 8. The number of nitrogens with zero attached hydrogens (tertiary/aromatic N) is 2. The number of piperidine rings is 2. The summed E-state index contributed by atoms with van der Waals surface area (Å²) in [6, 6.07) is 25.9. The number of hydrogen-bond acceptors (Lipinski definition) is 3. The van der Waals surface area contributed by atoms with E-state index in [2.05, 4.69) is 28.4 Å². The van der Waals surface area contributed by atoms with Gasteiger partial charge in [-0.25, -0.2) is 0 Å². The molecule has 2 saturated heterocycles. The van der Waals surface area contributed by atoms with E-state index in [1.54, 1.807) is 6.92 Å². The summed E-state index contributed by atoms with van der Waals surface area (Å²) in [7, 11) is 0. The van der Waals surface area contributed by atoms with Crippen molar-refractivity contribution in [3.05, 3.63) is 106 Å². The van der Waals surface area contributed by atoms with Crippen molar-refractivity contribution in [3.63, 3.8) is 0 Å². The molecule has 1 atom stereocenters. The summed E-state index contributed by atoms with van der Waals surface area (Å²) in [5, 5.41) is 4.39. The van der Waals surface area contributed by atoms with E-state index in [1.165, 1.54) is 5.56 Å². The van der Waals surface area contributed by atoms with Gasteiger partial charge in [-0.1, -0.05) is 77.8 Å². The van der Waals surface area contributed by atoms with Gasteiger partial charge in [-0.15, -0.1) is 12.4 Å². The maximum atomic E-state index is 13.5. The Labute approximate surface area is 266 Å². The highest BCUT2D eigenvalue weighted by molar-refractivity contribution is 6.42. The molecule has 3 aromatic carbocycles. The number of nitrogens with one attached hydrogen (secondary N) is 1. The molecule has 1 N–H and O–H groups in total. The van der Waals surface area contributed by atoms with Crippen LogP contribution in [0, 0.1) is 0 Å². The van der Waals surface area contributed by atoms with Gasteiger partial charge in [-0.2, -0.15) is 0 Å². The highest BCUT2D eigenvalue weighted by atomic mass is 35.5. The molecule has 0 bridgehead atoms.